The van der Waals surface area contributed by atoms with Crippen LogP contribution in [0.4, 0.5) is 5.69 Å². The third-order valence-corrected chi connectivity index (χ3v) is 7.57. The molecule has 10 heteroatoms. The van der Waals surface area contributed by atoms with Crippen molar-refractivity contribution in [3.63, 3.8) is 0 Å². The van der Waals surface area contributed by atoms with Gasteiger partial charge in [-0.3, -0.25) is 4.79 Å². The number of methoxy groups -OCH3 is 1. The van der Waals surface area contributed by atoms with Crippen molar-refractivity contribution in [1.82, 2.24) is 4.72 Å². The summed E-state index contributed by atoms with van der Waals surface area (Å²) in [5, 5.41) is 2.68. The predicted molar refractivity (Wildman–Crippen MR) is 105 cm³/mol. The molecule has 1 saturated heterocycles. The number of hydrogen-bond acceptors (Lipinski definition) is 6. The Kier molecular flexibility index (Phi) is 5.73. The molecule has 8 nitrogen and oxygen atoms in total. The molecule has 2 N–H and O–H groups in total. The van der Waals surface area contributed by atoms with E-state index in [1.165, 1.54) is 31.4 Å². The molecular formula is C18H20N2O6S2. The van der Waals surface area contributed by atoms with Crippen LogP contribution in [-0.2, 0) is 19.9 Å². The normalized spacial score (nSPS) is 18.5. The number of carbonyl (C=O) groups excluding carboxylic acids is 1. The average Bonchev–Trinajstić information content (AvgIpc) is 2.99. The Balaban J connectivity index is 1.76. The summed E-state index contributed by atoms with van der Waals surface area (Å²) < 4.78 is 55.7. The zero-order chi connectivity index (χ0) is 20.4. The minimum atomic E-state index is -3.95. The Morgan fingerprint density at radius 3 is 2.57 bits per heavy atom. The molecule has 3 rings (SSSR count). The van der Waals surface area contributed by atoms with Gasteiger partial charge in [0.25, 0.3) is 5.91 Å². The lowest BCUT2D eigenvalue weighted by atomic mass is 10.2. The van der Waals surface area contributed by atoms with Gasteiger partial charge in [0, 0.05) is 23.4 Å². The first kappa shape index (κ1) is 20.3. The first-order valence-corrected chi connectivity index (χ1v) is 11.8. The smallest absolute Gasteiger partial charge is 0.255 e. The lowest BCUT2D eigenvalue weighted by Crippen LogP contribution is -2.35. The van der Waals surface area contributed by atoms with E-state index in [1.807, 2.05) is 0 Å². The van der Waals surface area contributed by atoms with Crippen LogP contribution in [0, 0.1) is 0 Å². The van der Waals surface area contributed by atoms with Gasteiger partial charge < -0.3 is 10.1 Å². The highest BCUT2D eigenvalue weighted by Gasteiger charge is 2.31. The van der Waals surface area contributed by atoms with E-state index >= 15 is 0 Å². The summed E-state index contributed by atoms with van der Waals surface area (Å²) in [6, 6.07) is 11.7. The van der Waals surface area contributed by atoms with Gasteiger partial charge in [0.05, 0.1) is 23.5 Å². The molecular weight excluding hydrogens is 404 g/mol. The van der Waals surface area contributed by atoms with Gasteiger partial charge >= 0.3 is 0 Å². The Morgan fingerprint density at radius 1 is 1.14 bits per heavy atom. The fourth-order valence-electron chi connectivity index (χ4n) is 2.88. The zero-order valence-corrected chi connectivity index (χ0v) is 16.7. The minimum Gasteiger partial charge on any atom is -0.497 e. The van der Waals surface area contributed by atoms with Gasteiger partial charge in [-0.05, 0) is 36.8 Å². The highest BCUT2D eigenvalue weighted by Crippen LogP contribution is 2.19. The van der Waals surface area contributed by atoms with E-state index in [2.05, 4.69) is 10.0 Å². The van der Waals surface area contributed by atoms with Crippen LogP contribution in [0.3, 0.4) is 0 Å². The standard InChI is InChI=1S/C18H20N2O6S2/c1-26-16-6-3-5-14(11-16)19-18(21)13-4-2-7-17(10-13)28(24,25)20-15-8-9-27(22,23)12-15/h2-7,10-11,15,20H,8-9,12H2,1H3,(H,19,21). The molecule has 0 aromatic heterocycles. The van der Waals surface area contributed by atoms with Gasteiger partial charge in [-0.2, -0.15) is 0 Å². The summed E-state index contributed by atoms with van der Waals surface area (Å²) in [5.74, 6) is -0.163. The van der Waals surface area contributed by atoms with Crippen LogP contribution in [0.1, 0.15) is 16.8 Å². The first-order chi connectivity index (χ1) is 13.2. The summed E-state index contributed by atoms with van der Waals surface area (Å²) in [5.41, 5.74) is 0.664. The molecule has 1 amide bonds. The molecule has 0 bridgehead atoms. The molecule has 1 heterocycles. The van der Waals surface area contributed by atoms with Crippen molar-refractivity contribution in [2.45, 2.75) is 17.4 Å². The number of sulfonamides is 1. The number of hydrogen-bond donors (Lipinski definition) is 2. The lowest BCUT2D eigenvalue weighted by Gasteiger charge is -2.12. The number of nitrogens with one attached hydrogen (secondary N) is 2. The number of sulfone groups is 1. The molecule has 2 aromatic rings. The van der Waals surface area contributed by atoms with Crippen LogP contribution in [-0.4, -0.2) is 47.4 Å². The molecule has 0 aliphatic carbocycles. The van der Waals surface area contributed by atoms with Crippen molar-refractivity contribution in [3.05, 3.63) is 54.1 Å². The van der Waals surface area contributed by atoms with Crippen LogP contribution in [0.25, 0.3) is 0 Å². The van der Waals surface area contributed by atoms with Gasteiger partial charge in [-0.25, -0.2) is 21.6 Å². The quantitative estimate of drug-likeness (QED) is 0.724. The van der Waals surface area contributed by atoms with E-state index in [9.17, 15) is 21.6 Å². The molecule has 0 radical (unpaired) electrons. The number of benzene rings is 2. The van der Waals surface area contributed by atoms with E-state index in [1.54, 1.807) is 24.3 Å². The van der Waals surface area contributed by atoms with Crippen LogP contribution in [0.5, 0.6) is 5.75 Å². The summed E-state index contributed by atoms with van der Waals surface area (Å²) in [6.07, 6.45) is 0.234. The zero-order valence-electron chi connectivity index (χ0n) is 15.1. The monoisotopic (exact) mass is 424 g/mol. The highest BCUT2D eigenvalue weighted by atomic mass is 32.2. The van der Waals surface area contributed by atoms with Crippen LogP contribution >= 0.6 is 0 Å². The molecule has 0 spiro atoms. The van der Waals surface area contributed by atoms with Gasteiger partial charge in [-0.1, -0.05) is 12.1 Å². The third-order valence-electron chi connectivity index (χ3n) is 4.29. The molecule has 0 saturated carbocycles. The van der Waals surface area contributed by atoms with Crippen molar-refractivity contribution < 1.29 is 26.4 Å². The number of ether oxygens (including phenoxy) is 1. The number of amides is 1. The van der Waals surface area contributed by atoms with Crippen molar-refractivity contribution in [1.29, 1.82) is 0 Å². The van der Waals surface area contributed by atoms with Crippen molar-refractivity contribution in [2.24, 2.45) is 0 Å². The molecule has 1 aliphatic rings. The molecule has 2 aromatic carbocycles. The molecule has 150 valence electrons. The van der Waals surface area contributed by atoms with E-state index in [0.29, 0.717) is 11.4 Å². The average molecular weight is 425 g/mol. The topological polar surface area (TPSA) is 119 Å². The summed E-state index contributed by atoms with van der Waals surface area (Å²) in [6.45, 7) is 0. The second kappa shape index (κ2) is 7.90. The Bertz CT molecular complexity index is 1100. The maximum atomic E-state index is 12.6. The maximum Gasteiger partial charge on any atom is 0.255 e. The lowest BCUT2D eigenvalue weighted by molar-refractivity contribution is 0.102. The fourth-order valence-corrected chi connectivity index (χ4v) is 5.98. The highest BCUT2D eigenvalue weighted by molar-refractivity contribution is 7.92. The summed E-state index contributed by atoms with van der Waals surface area (Å²) in [4.78, 5) is 12.4. The van der Waals surface area contributed by atoms with Crippen LogP contribution < -0.4 is 14.8 Å². The van der Waals surface area contributed by atoms with Gasteiger partial charge in [0.1, 0.15) is 5.75 Å². The van der Waals surface area contributed by atoms with E-state index in [-0.39, 0.29) is 28.4 Å². The van der Waals surface area contributed by atoms with Gasteiger partial charge in [-0.15, -0.1) is 0 Å². The van der Waals surface area contributed by atoms with E-state index in [4.69, 9.17) is 4.74 Å². The predicted octanol–water partition coefficient (Wildman–Crippen LogP) is 1.41. The summed E-state index contributed by atoms with van der Waals surface area (Å²) in [7, 11) is -5.65. The Morgan fingerprint density at radius 2 is 1.89 bits per heavy atom. The molecule has 1 fully saturated rings. The largest absolute Gasteiger partial charge is 0.497 e. The molecule has 1 unspecified atom stereocenters. The van der Waals surface area contributed by atoms with Crippen LogP contribution in [0.2, 0.25) is 0 Å². The minimum absolute atomic E-state index is 0.0385. The van der Waals surface area contributed by atoms with Crippen molar-refractivity contribution >= 4 is 31.5 Å². The molecule has 1 atom stereocenters. The summed E-state index contributed by atoms with van der Waals surface area (Å²) >= 11 is 0. The first-order valence-electron chi connectivity index (χ1n) is 8.47. The van der Waals surface area contributed by atoms with Crippen molar-refractivity contribution in [2.75, 3.05) is 23.9 Å². The van der Waals surface area contributed by atoms with Gasteiger partial charge in [0.15, 0.2) is 9.84 Å². The number of anilines is 1. The second-order valence-electron chi connectivity index (χ2n) is 6.44. The van der Waals surface area contributed by atoms with E-state index < -0.39 is 31.8 Å². The van der Waals surface area contributed by atoms with Gasteiger partial charge in [0.2, 0.25) is 10.0 Å². The Labute approximate surface area is 163 Å². The molecule has 28 heavy (non-hydrogen) atoms. The fraction of sp³-hybridized carbons (Fsp3) is 0.278. The Hall–Kier alpha value is -2.43. The second-order valence-corrected chi connectivity index (χ2v) is 10.4. The number of carbonyl (C=O) groups is 1. The third kappa shape index (κ3) is 4.89. The molecule has 1 aliphatic heterocycles. The van der Waals surface area contributed by atoms with Crippen LogP contribution in [0.15, 0.2) is 53.4 Å². The SMILES string of the molecule is COc1cccc(NC(=O)c2cccc(S(=O)(=O)NC3CCS(=O)(=O)C3)c2)c1. The van der Waals surface area contributed by atoms with E-state index in [0.717, 1.165) is 0 Å². The number of rotatable bonds is 6. The maximum absolute atomic E-state index is 12.6. The van der Waals surface area contributed by atoms with Crippen molar-refractivity contribution in [3.8, 4) is 5.75 Å².